The molecule has 0 aromatic rings. The Bertz CT molecular complexity index is 310. The maximum absolute atomic E-state index is 5.03. The number of hydrogen-bond donors (Lipinski definition) is 0. The molecule has 1 fully saturated rings. The van der Waals surface area contributed by atoms with Crippen LogP contribution in [0, 0.1) is 0 Å². The van der Waals surface area contributed by atoms with E-state index < -0.39 is 0 Å². The number of unbranched alkanes of at least 4 members (excludes halogenated alkanes) is 1. The van der Waals surface area contributed by atoms with Crippen LogP contribution in [-0.4, -0.2) is 73.5 Å². The Kier molecular flexibility index (Phi) is 6.80. The molecule has 4 nitrogen and oxygen atoms in total. The van der Waals surface area contributed by atoms with Gasteiger partial charge in [-0.05, 0) is 53.8 Å². The maximum atomic E-state index is 5.03. The van der Waals surface area contributed by atoms with E-state index in [-0.39, 0.29) is 5.54 Å². The maximum Gasteiger partial charge on any atom is 0.196 e. The molecule has 0 bridgehead atoms. The second-order valence-electron chi connectivity index (χ2n) is 6.89. The van der Waals surface area contributed by atoms with Gasteiger partial charge < -0.3 is 14.7 Å². The lowest BCUT2D eigenvalue weighted by atomic mass is 10.0. The van der Waals surface area contributed by atoms with Gasteiger partial charge in [-0.2, -0.15) is 0 Å². The Balaban J connectivity index is 2.55. The van der Waals surface area contributed by atoms with Crippen LogP contribution in [0.2, 0.25) is 0 Å². The van der Waals surface area contributed by atoms with Gasteiger partial charge in [0.05, 0.1) is 5.54 Å². The summed E-state index contributed by atoms with van der Waals surface area (Å²) in [5.74, 6) is 1.20. The molecule has 0 atom stereocenters. The molecule has 1 heterocycles. The van der Waals surface area contributed by atoms with Crippen LogP contribution in [0.15, 0.2) is 4.99 Å². The third-order valence-corrected chi connectivity index (χ3v) is 3.88. The first kappa shape index (κ1) is 17.3. The van der Waals surface area contributed by atoms with Crippen molar-refractivity contribution in [2.75, 3.05) is 47.3 Å². The standard InChI is InChI=1S/C16H34N4/c1-7-10-16(2,3)17-15-19(6)13-14-20(15)12-9-8-11-18(4)5/h7-14H2,1-6H3. The van der Waals surface area contributed by atoms with Gasteiger partial charge in [0.1, 0.15) is 0 Å². The second-order valence-corrected chi connectivity index (χ2v) is 6.89. The topological polar surface area (TPSA) is 22.1 Å². The fourth-order valence-electron chi connectivity index (χ4n) is 2.75. The van der Waals surface area contributed by atoms with Crippen molar-refractivity contribution in [1.82, 2.24) is 14.7 Å². The molecule has 0 amide bonds. The second kappa shape index (κ2) is 7.87. The highest BCUT2D eigenvalue weighted by Gasteiger charge is 2.26. The van der Waals surface area contributed by atoms with Crippen LogP contribution in [0.5, 0.6) is 0 Å². The molecule has 0 spiro atoms. The third kappa shape index (κ3) is 5.70. The molecule has 20 heavy (non-hydrogen) atoms. The van der Waals surface area contributed by atoms with E-state index in [1.54, 1.807) is 0 Å². The Morgan fingerprint density at radius 2 is 1.90 bits per heavy atom. The fourth-order valence-corrected chi connectivity index (χ4v) is 2.75. The van der Waals surface area contributed by atoms with Crippen LogP contribution in [0.25, 0.3) is 0 Å². The van der Waals surface area contributed by atoms with E-state index in [1.165, 1.54) is 31.8 Å². The number of nitrogens with zero attached hydrogens (tertiary/aromatic N) is 4. The molecule has 0 aromatic carbocycles. The summed E-state index contributed by atoms with van der Waals surface area (Å²) in [5.41, 5.74) is 0.0601. The van der Waals surface area contributed by atoms with Gasteiger partial charge in [0, 0.05) is 26.7 Å². The molecule has 0 unspecified atom stereocenters. The predicted molar refractivity (Wildman–Crippen MR) is 88.4 cm³/mol. The summed E-state index contributed by atoms with van der Waals surface area (Å²) < 4.78 is 0. The molecule has 0 aliphatic carbocycles. The van der Waals surface area contributed by atoms with Crippen LogP contribution in [-0.2, 0) is 0 Å². The van der Waals surface area contributed by atoms with Gasteiger partial charge in [0.2, 0.25) is 0 Å². The van der Waals surface area contributed by atoms with Crippen LogP contribution in [0.4, 0.5) is 0 Å². The lowest BCUT2D eigenvalue weighted by Gasteiger charge is -2.26. The highest BCUT2D eigenvalue weighted by molar-refractivity contribution is 5.82. The first-order valence-electron chi connectivity index (χ1n) is 8.06. The van der Waals surface area contributed by atoms with Gasteiger partial charge in [-0.3, -0.25) is 0 Å². The monoisotopic (exact) mass is 282 g/mol. The molecule has 4 heteroatoms. The summed E-state index contributed by atoms with van der Waals surface area (Å²) >= 11 is 0. The molecule has 1 saturated heterocycles. The van der Waals surface area contributed by atoms with Gasteiger partial charge in [-0.1, -0.05) is 13.3 Å². The van der Waals surface area contributed by atoms with Crippen molar-refractivity contribution in [3.8, 4) is 0 Å². The molecule has 0 radical (unpaired) electrons. The Morgan fingerprint density at radius 3 is 2.50 bits per heavy atom. The number of likely N-dealkylation sites (N-methyl/N-ethyl adjacent to an activating group) is 1. The first-order valence-corrected chi connectivity index (χ1v) is 8.06. The van der Waals surface area contributed by atoms with Gasteiger partial charge in [0.25, 0.3) is 0 Å². The molecule has 1 rings (SSSR count). The largest absolute Gasteiger partial charge is 0.344 e. The van der Waals surface area contributed by atoms with Crippen molar-refractivity contribution in [2.24, 2.45) is 4.99 Å². The lowest BCUT2D eigenvalue weighted by Crippen LogP contribution is -2.35. The van der Waals surface area contributed by atoms with E-state index in [9.17, 15) is 0 Å². The smallest absolute Gasteiger partial charge is 0.196 e. The molecule has 1 aliphatic heterocycles. The number of aliphatic imine (C=N–C) groups is 1. The van der Waals surface area contributed by atoms with Gasteiger partial charge >= 0.3 is 0 Å². The Labute approximate surface area is 125 Å². The van der Waals surface area contributed by atoms with Crippen molar-refractivity contribution in [3.63, 3.8) is 0 Å². The van der Waals surface area contributed by atoms with Crippen LogP contribution in [0.1, 0.15) is 46.5 Å². The average molecular weight is 282 g/mol. The SMILES string of the molecule is CCCC(C)(C)N=C1N(C)CCN1CCCCN(C)C. The van der Waals surface area contributed by atoms with Gasteiger partial charge in [-0.25, -0.2) is 4.99 Å². The minimum Gasteiger partial charge on any atom is -0.344 e. The van der Waals surface area contributed by atoms with Crippen molar-refractivity contribution in [2.45, 2.75) is 52.0 Å². The fraction of sp³-hybridized carbons (Fsp3) is 0.938. The molecular weight excluding hydrogens is 248 g/mol. The summed E-state index contributed by atoms with van der Waals surface area (Å²) in [6.07, 6.45) is 4.85. The summed E-state index contributed by atoms with van der Waals surface area (Å²) in [4.78, 5) is 12.1. The zero-order chi connectivity index (χ0) is 15.2. The minimum absolute atomic E-state index is 0.0601. The minimum atomic E-state index is 0.0601. The van der Waals surface area contributed by atoms with Crippen LogP contribution in [0.3, 0.4) is 0 Å². The molecule has 0 N–H and O–H groups in total. The first-order chi connectivity index (χ1) is 9.35. The van der Waals surface area contributed by atoms with E-state index in [0.717, 1.165) is 26.1 Å². The van der Waals surface area contributed by atoms with Crippen LogP contribution < -0.4 is 0 Å². The van der Waals surface area contributed by atoms with E-state index in [1.807, 2.05) is 0 Å². The number of guanidine groups is 1. The molecule has 1 aliphatic rings. The summed E-state index contributed by atoms with van der Waals surface area (Å²) in [5, 5.41) is 0. The molecule has 0 saturated carbocycles. The van der Waals surface area contributed by atoms with E-state index >= 15 is 0 Å². The van der Waals surface area contributed by atoms with Crippen LogP contribution >= 0.6 is 0 Å². The van der Waals surface area contributed by atoms with E-state index in [2.05, 4.69) is 56.6 Å². The van der Waals surface area contributed by atoms with E-state index in [0.29, 0.717) is 0 Å². The third-order valence-electron chi connectivity index (χ3n) is 3.88. The highest BCUT2D eigenvalue weighted by Crippen LogP contribution is 2.20. The summed E-state index contributed by atoms with van der Waals surface area (Å²) in [7, 11) is 6.45. The summed E-state index contributed by atoms with van der Waals surface area (Å²) in [6, 6.07) is 0. The molecule has 118 valence electrons. The number of rotatable bonds is 8. The zero-order valence-corrected chi connectivity index (χ0v) is 14.4. The number of hydrogen-bond acceptors (Lipinski definition) is 2. The zero-order valence-electron chi connectivity index (χ0n) is 14.4. The predicted octanol–water partition coefficient (Wildman–Crippen LogP) is 2.51. The lowest BCUT2D eigenvalue weighted by molar-refractivity contribution is 0.368. The normalized spacial score (nSPS) is 18.6. The van der Waals surface area contributed by atoms with Crippen molar-refractivity contribution in [1.29, 1.82) is 0 Å². The van der Waals surface area contributed by atoms with Gasteiger partial charge in [0.15, 0.2) is 5.96 Å². The van der Waals surface area contributed by atoms with Crippen molar-refractivity contribution < 1.29 is 0 Å². The van der Waals surface area contributed by atoms with Crippen molar-refractivity contribution in [3.05, 3.63) is 0 Å². The molecule has 0 aromatic heterocycles. The van der Waals surface area contributed by atoms with Gasteiger partial charge in [-0.15, -0.1) is 0 Å². The summed E-state index contributed by atoms with van der Waals surface area (Å²) in [6.45, 7) is 11.3. The highest BCUT2D eigenvalue weighted by atomic mass is 15.4. The van der Waals surface area contributed by atoms with E-state index in [4.69, 9.17) is 4.99 Å². The quantitative estimate of drug-likeness (QED) is 0.639. The Hall–Kier alpha value is -0.770. The Morgan fingerprint density at radius 1 is 1.20 bits per heavy atom. The van der Waals surface area contributed by atoms with Crippen molar-refractivity contribution >= 4 is 5.96 Å². The molecular formula is C16H34N4. The average Bonchev–Trinajstić information content (AvgIpc) is 2.66.